The highest BCUT2D eigenvalue weighted by Gasteiger charge is 2.33. The molecule has 2 heterocycles. The maximum atomic E-state index is 14.7. The number of ketones is 1. The van der Waals surface area contributed by atoms with Crippen molar-refractivity contribution < 1.29 is 23.5 Å². The lowest BCUT2D eigenvalue weighted by Gasteiger charge is -2.29. The predicted octanol–water partition coefficient (Wildman–Crippen LogP) is 3.70. The lowest BCUT2D eigenvalue weighted by atomic mass is 10.1. The molecule has 2 saturated heterocycles. The zero-order valence-electron chi connectivity index (χ0n) is 18.2. The number of allylic oxidation sites excluding steroid dienone is 1. The van der Waals surface area contributed by atoms with Crippen molar-refractivity contribution in [2.24, 2.45) is 0 Å². The number of hydrogen-bond acceptors (Lipinski definition) is 5. The summed E-state index contributed by atoms with van der Waals surface area (Å²) in [6, 6.07) is 13.4. The van der Waals surface area contributed by atoms with Gasteiger partial charge in [-0.25, -0.2) is 9.18 Å². The Balaban J connectivity index is 1.30. The molecule has 2 fully saturated rings. The van der Waals surface area contributed by atoms with Gasteiger partial charge in [-0.3, -0.25) is 14.5 Å². The number of halogens is 1. The fraction of sp³-hybridized carbons (Fsp3) is 0.320. The smallest absolute Gasteiger partial charge is 0.414 e. The summed E-state index contributed by atoms with van der Waals surface area (Å²) in [7, 11) is 0. The van der Waals surface area contributed by atoms with E-state index in [1.807, 2.05) is 4.90 Å². The van der Waals surface area contributed by atoms with E-state index in [9.17, 15) is 18.8 Å². The van der Waals surface area contributed by atoms with Crippen LogP contribution in [0.25, 0.3) is 0 Å². The second kappa shape index (κ2) is 10.3. The molecule has 0 unspecified atom stereocenters. The molecule has 1 atom stereocenters. The van der Waals surface area contributed by atoms with E-state index >= 15 is 0 Å². The summed E-state index contributed by atoms with van der Waals surface area (Å²) in [5.74, 6) is -1.11. The molecule has 2 aromatic rings. The predicted molar refractivity (Wildman–Crippen MR) is 123 cm³/mol. The second-order valence-electron chi connectivity index (χ2n) is 8.11. The van der Waals surface area contributed by atoms with Crippen LogP contribution in [0.4, 0.5) is 20.6 Å². The molecule has 8 heteroatoms. The fourth-order valence-electron chi connectivity index (χ4n) is 4.02. The number of anilines is 2. The Hall–Kier alpha value is -3.68. The van der Waals surface area contributed by atoms with Crippen molar-refractivity contribution >= 4 is 29.2 Å². The summed E-state index contributed by atoms with van der Waals surface area (Å²) >= 11 is 0. The van der Waals surface area contributed by atoms with Gasteiger partial charge in [-0.2, -0.15) is 0 Å². The molecule has 2 amide bonds. The Kier molecular flexibility index (Phi) is 7.02. The first-order valence-corrected chi connectivity index (χ1v) is 11.1. The summed E-state index contributed by atoms with van der Waals surface area (Å²) < 4.78 is 20.0. The van der Waals surface area contributed by atoms with Gasteiger partial charge >= 0.3 is 6.09 Å². The van der Waals surface area contributed by atoms with Gasteiger partial charge in [0.1, 0.15) is 11.9 Å². The minimum Gasteiger partial charge on any atom is -0.442 e. The van der Waals surface area contributed by atoms with E-state index in [1.165, 1.54) is 17.0 Å². The summed E-state index contributed by atoms with van der Waals surface area (Å²) in [4.78, 5) is 39.8. The quantitative estimate of drug-likeness (QED) is 0.513. The van der Waals surface area contributed by atoms with Gasteiger partial charge in [0, 0.05) is 24.7 Å². The van der Waals surface area contributed by atoms with Crippen LogP contribution in [0.15, 0.2) is 60.7 Å². The minimum atomic E-state index is -0.589. The number of ether oxygens (including phenoxy) is 1. The summed E-state index contributed by atoms with van der Waals surface area (Å²) in [6.45, 7) is 1.93. The molecule has 2 aliphatic rings. The average molecular weight is 451 g/mol. The molecular weight excluding hydrogens is 425 g/mol. The van der Waals surface area contributed by atoms with Crippen LogP contribution in [0.5, 0.6) is 0 Å². The number of nitrogens with one attached hydrogen (secondary N) is 1. The first-order chi connectivity index (χ1) is 16.0. The van der Waals surface area contributed by atoms with E-state index in [0.29, 0.717) is 16.9 Å². The van der Waals surface area contributed by atoms with Crippen LogP contribution in [0, 0.1) is 5.82 Å². The van der Waals surface area contributed by atoms with Crippen LogP contribution in [0.2, 0.25) is 0 Å². The topological polar surface area (TPSA) is 79.0 Å². The highest BCUT2D eigenvalue weighted by molar-refractivity contribution is 6.07. The standard InChI is InChI=1S/C25H26FN3O4/c26-21-15-19(9-10-22(21)28-13-5-2-6-14-28)29-17-20(33-25(29)32)16-27-24(31)12-11-23(30)18-7-3-1-4-8-18/h1,3-4,7-12,15,20H,2,5-6,13-14,16-17H2,(H,27,31)/b12-11-/t20-/m0/s1. The third kappa shape index (κ3) is 5.58. The van der Waals surface area contributed by atoms with Crippen molar-refractivity contribution in [2.45, 2.75) is 25.4 Å². The number of nitrogens with zero attached hydrogens (tertiary/aromatic N) is 2. The van der Waals surface area contributed by atoms with Gasteiger partial charge in [-0.1, -0.05) is 30.3 Å². The van der Waals surface area contributed by atoms with Gasteiger partial charge < -0.3 is 15.0 Å². The molecule has 4 rings (SSSR count). The van der Waals surface area contributed by atoms with E-state index in [-0.39, 0.29) is 24.7 Å². The maximum Gasteiger partial charge on any atom is 0.414 e. The van der Waals surface area contributed by atoms with Gasteiger partial charge in [0.2, 0.25) is 5.91 Å². The zero-order valence-corrected chi connectivity index (χ0v) is 18.2. The van der Waals surface area contributed by atoms with Crippen molar-refractivity contribution in [3.8, 4) is 0 Å². The van der Waals surface area contributed by atoms with Gasteiger partial charge in [0.15, 0.2) is 5.78 Å². The minimum absolute atomic E-state index is 0.0826. The lowest BCUT2D eigenvalue weighted by molar-refractivity contribution is -0.116. The van der Waals surface area contributed by atoms with Crippen molar-refractivity contribution in [3.05, 3.63) is 72.1 Å². The highest BCUT2D eigenvalue weighted by Crippen LogP contribution is 2.29. The van der Waals surface area contributed by atoms with Crippen molar-refractivity contribution in [2.75, 3.05) is 36.0 Å². The molecule has 0 radical (unpaired) electrons. The summed E-state index contributed by atoms with van der Waals surface area (Å²) in [5, 5.41) is 2.62. The molecule has 0 aliphatic carbocycles. The third-order valence-electron chi connectivity index (χ3n) is 5.76. The van der Waals surface area contributed by atoms with Gasteiger partial charge in [0.05, 0.1) is 24.5 Å². The van der Waals surface area contributed by atoms with Gasteiger partial charge in [0.25, 0.3) is 0 Å². The number of rotatable bonds is 7. The first-order valence-electron chi connectivity index (χ1n) is 11.1. The van der Waals surface area contributed by atoms with Crippen LogP contribution in [0.1, 0.15) is 29.6 Å². The van der Waals surface area contributed by atoms with Crippen molar-refractivity contribution in [3.63, 3.8) is 0 Å². The Morgan fingerprint density at radius 1 is 1.06 bits per heavy atom. The highest BCUT2D eigenvalue weighted by atomic mass is 19.1. The van der Waals surface area contributed by atoms with Crippen LogP contribution >= 0.6 is 0 Å². The molecule has 2 aliphatic heterocycles. The van der Waals surface area contributed by atoms with E-state index in [4.69, 9.17) is 4.74 Å². The van der Waals surface area contributed by atoms with Gasteiger partial charge in [-0.15, -0.1) is 0 Å². The summed E-state index contributed by atoms with van der Waals surface area (Å²) in [6.07, 6.45) is 4.43. The molecule has 7 nitrogen and oxygen atoms in total. The number of amides is 2. The number of carbonyl (C=O) groups excluding carboxylic acids is 3. The van der Waals surface area contributed by atoms with E-state index in [1.54, 1.807) is 42.5 Å². The molecule has 0 saturated carbocycles. The SMILES string of the molecule is O=C(/C=C\C(=O)c1ccccc1)NC[C@H]1CN(c2ccc(N3CCCCC3)c(F)c2)C(=O)O1. The van der Waals surface area contributed by atoms with E-state index < -0.39 is 18.1 Å². The molecule has 172 valence electrons. The Morgan fingerprint density at radius 2 is 1.82 bits per heavy atom. The third-order valence-corrected chi connectivity index (χ3v) is 5.76. The van der Waals surface area contributed by atoms with Crippen molar-refractivity contribution in [1.29, 1.82) is 0 Å². The van der Waals surface area contributed by atoms with Crippen LogP contribution < -0.4 is 15.1 Å². The monoisotopic (exact) mass is 451 g/mol. The maximum absolute atomic E-state index is 14.7. The molecule has 2 aromatic carbocycles. The van der Waals surface area contributed by atoms with E-state index in [2.05, 4.69) is 5.32 Å². The number of piperidine rings is 1. The first kappa shape index (κ1) is 22.5. The second-order valence-corrected chi connectivity index (χ2v) is 8.11. The Labute approximate surface area is 191 Å². The number of cyclic esters (lactones) is 1. The van der Waals surface area contributed by atoms with Crippen LogP contribution in [-0.4, -0.2) is 50.1 Å². The molecule has 33 heavy (non-hydrogen) atoms. The lowest BCUT2D eigenvalue weighted by Crippen LogP contribution is -2.34. The van der Waals surface area contributed by atoms with E-state index in [0.717, 1.165) is 38.4 Å². The van der Waals surface area contributed by atoms with Crippen LogP contribution in [-0.2, 0) is 9.53 Å². The number of carbonyl (C=O) groups is 3. The fourth-order valence-corrected chi connectivity index (χ4v) is 4.02. The molecule has 0 bridgehead atoms. The number of benzene rings is 2. The normalized spacial score (nSPS) is 18.5. The van der Waals surface area contributed by atoms with Gasteiger partial charge in [-0.05, 0) is 43.5 Å². The number of hydrogen-bond donors (Lipinski definition) is 1. The Bertz CT molecular complexity index is 1050. The van der Waals surface area contributed by atoms with Crippen molar-refractivity contribution in [1.82, 2.24) is 5.32 Å². The molecule has 0 spiro atoms. The average Bonchev–Trinajstić information content (AvgIpc) is 3.22. The summed E-state index contributed by atoms with van der Waals surface area (Å²) in [5.41, 5.74) is 1.45. The Morgan fingerprint density at radius 3 is 2.55 bits per heavy atom. The largest absolute Gasteiger partial charge is 0.442 e. The molecular formula is C25H26FN3O4. The van der Waals surface area contributed by atoms with Crippen LogP contribution in [0.3, 0.4) is 0 Å². The zero-order chi connectivity index (χ0) is 23.2. The molecule has 0 aromatic heterocycles. The molecule has 1 N–H and O–H groups in total.